The highest BCUT2D eigenvalue weighted by molar-refractivity contribution is 6.15. The Morgan fingerprint density at radius 2 is 2.06 bits per heavy atom. The third-order valence-corrected chi connectivity index (χ3v) is 2.59. The molecule has 1 aliphatic rings. The van der Waals surface area contributed by atoms with Crippen LogP contribution in [0.1, 0.15) is 27.1 Å². The summed E-state index contributed by atoms with van der Waals surface area (Å²) in [5.74, 6) is -0.525. The highest BCUT2D eigenvalue weighted by Gasteiger charge is 2.31. The average molecular weight is 220 g/mol. The molecule has 0 aromatic heterocycles. The van der Waals surface area contributed by atoms with Gasteiger partial charge in [-0.1, -0.05) is 0 Å². The molecule has 0 radical (unpaired) electrons. The summed E-state index contributed by atoms with van der Waals surface area (Å²) in [6.07, 6.45) is 0.422. The van der Waals surface area contributed by atoms with E-state index in [1.54, 1.807) is 0 Å². The lowest BCUT2D eigenvalue weighted by atomic mass is 9.92. The van der Waals surface area contributed by atoms with Gasteiger partial charge in [0.2, 0.25) is 0 Å². The van der Waals surface area contributed by atoms with E-state index in [-0.39, 0.29) is 23.0 Å². The number of fused-ring (bicyclic) bond motifs is 1. The van der Waals surface area contributed by atoms with Crippen LogP contribution in [0, 0.1) is 0 Å². The zero-order valence-corrected chi connectivity index (χ0v) is 8.56. The van der Waals surface area contributed by atoms with Crippen molar-refractivity contribution in [1.82, 2.24) is 5.32 Å². The van der Waals surface area contributed by atoms with Gasteiger partial charge in [-0.05, 0) is 31.2 Å². The van der Waals surface area contributed by atoms with Gasteiger partial charge in [-0.15, -0.1) is 0 Å². The average Bonchev–Trinajstić information content (AvgIpc) is 2.26. The van der Waals surface area contributed by atoms with Crippen molar-refractivity contribution >= 4 is 11.7 Å². The predicted octanol–water partition coefficient (Wildman–Crippen LogP) is 0.0357. The minimum absolute atomic E-state index is 0.0287. The van der Waals surface area contributed by atoms with E-state index in [1.165, 1.54) is 18.2 Å². The van der Waals surface area contributed by atoms with Gasteiger partial charge < -0.3 is 16.2 Å². The first-order chi connectivity index (χ1) is 7.63. The monoisotopic (exact) mass is 220 g/mol. The van der Waals surface area contributed by atoms with Crippen molar-refractivity contribution in [2.75, 3.05) is 6.54 Å². The summed E-state index contributed by atoms with van der Waals surface area (Å²) in [6, 6.07) is 3.61. The Balaban J connectivity index is 2.43. The van der Waals surface area contributed by atoms with Gasteiger partial charge >= 0.3 is 0 Å². The molecule has 16 heavy (non-hydrogen) atoms. The van der Waals surface area contributed by atoms with Gasteiger partial charge in [0, 0.05) is 5.56 Å². The van der Waals surface area contributed by atoms with E-state index in [0.29, 0.717) is 18.5 Å². The molecule has 5 nitrogen and oxygen atoms in total. The first-order valence-corrected chi connectivity index (χ1v) is 5.01. The van der Waals surface area contributed by atoms with Crippen LogP contribution in [0.5, 0.6) is 5.75 Å². The van der Waals surface area contributed by atoms with Crippen molar-refractivity contribution in [1.29, 1.82) is 0 Å². The Kier molecular flexibility index (Phi) is 2.62. The van der Waals surface area contributed by atoms with Gasteiger partial charge in [-0.2, -0.15) is 0 Å². The molecule has 0 fully saturated rings. The molecule has 2 rings (SSSR count). The molecule has 1 aromatic carbocycles. The molecule has 1 aliphatic heterocycles. The van der Waals surface area contributed by atoms with Crippen molar-refractivity contribution in [3.8, 4) is 5.75 Å². The fourth-order valence-electron chi connectivity index (χ4n) is 1.79. The van der Waals surface area contributed by atoms with Crippen molar-refractivity contribution in [2.45, 2.75) is 12.5 Å². The minimum atomic E-state index is -0.547. The third-order valence-electron chi connectivity index (χ3n) is 2.59. The third kappa shape index (κ3) is 1.65. The van der Waals surface area contributed by atoms with Gasteiger partial charge in [-0.3, -0.25) is 9.59 Å². The number of benzene rings is 1. The van der Waals surface area contributed by atoms with E-state index in [0.717, 1.165) is 0 Å². The molecule has 1 amide bonds. The maximum atomic E-state index is 11.9. The molecule has 1 aromatic rings. The first-order valence-electron chi connectivity index (χ1n) is 5.01. The number of aromatic hydroxyl groups is 1. The quantitative estimate of drug-likeness (QED) is 0.656. The van der Waals surface area contributed by atoms with Gasteiger partial charge in [-0.25, -0.2) is 0 Å². The number of nitrogens with two attached hydrogens (primary N) is 1. The molecule has 1 atom stereocenters. The van der Waals surface area contributed by atoms with Crippen LogP contribution in [0.25, 0.3) is 0 Å². The molecule has 0 saturated carbocycles. The lowest BCUT2D eigenvalue weighted by Crippen LogP contribution is -2.47. The molecule has 0 spiro atoms. The van der Waals surface area contributed by atoms with Gasteiger partial charge in [0.05, 0.1) is 11.6 Å². The van der Waals surface area contributed by atoms with E-state index in [4.69, 9.17) is 5.73 Å². The van der Waals surface area contributed by atoms with Crippen molar-refractivity contribution in [2.24, 2.45) is 5.73 Å². The SMILES string of the molecule is NCC[C@@H]1NC(=O)c2cc(O)ccc2C1=O. The molecule has 0 aliphatic carbocycles. The second-order valence-electron chi connectivity index (χ2n) is 3.70. The van der Waals surface area contributed by atoms with E-state index >= 15 is 0 Å². The van der Waals surface area contributed by atoms with Crippen LogP contribution in [-0.4, -0.2) is 29.4 Å². The Morgan fingerprint density at radius 1 is 1.31 bits per heavy atom. The summed E-state index contributed by atoms with van der Waals surface area (Å²) in [4.78, 5) is 23.6. The fourth-order valence-corrected chi connectivity index (χ4v) is 1.79. The standard InChI is InChI=1S/C11H12N2O3/c12-4-3-9-10(15)7-2-1-6(14)5-8(7)11(16)13-9/h1-2,5,9,14H,3-4,12H2,(H,13,16)/t9-/m0/s1. The van der Waals surface area contributed by atoms with Crippen LogP contribution in [0.15, 0.2) is 18.2 Å². The lowest BCUT2D eigenvalue weighted by Gasteiger charge is -2.23. The smallest absolute Gasteiger partial charge is 0.252 e. The van der Waals surface area contributed by atoms with Crippen molar-refractivity contribution in [3.05, 3.63) is 29.3 Å². The zero-order chi connectivity index (χ0) is 11.7. The Labute approximate surface area is 92.3 Å². The number of Topliss-reactive ketones (excluding diaryl/α,β-unsaturated/α-hetero) is 1. The van der Waals surface area contributed by atoms with E-state index in [9.17, 15) is 14.7 Å². The van der Waals surface area contributed by atoms with Gasteiger partial charge in [0.25, 0.3) is 5.91 Å². The van der Waals surface area contributed by atoms with Crippen LogP contribution in [0.2, 0.25) is 0 Å². The topological polar surface area (TPSA) is 92.4 Å². The summed E-state index contributed by atoms with van der Waals surface area (Å²) in [5, 5.41) is 11.8. The number of rotatable bonds is 2. The van der Waals surface area contributed by atoms with Crippen LogP contribution in [0.3, 0.4) is 0 Å². The zero-order valence-electron chi connectivity index (χ0n) is 8.56. The molecule has 5 heteroatoms. The van der Waals surface area contributed by atoms with Crippen LogP contribution in [-0.2, 0) is 0 Å². The number of hydrogen-bond acceptors (Lipinski definition) is 4. The Morgan fingerprint density at radius 3 is 2.75 bits per heavy atom. The minimum Gasteiger partial charge on any atom is -0.508 e. The highest BCUT2D eigenvalue weighted by atomic mass is 16.3. The maximum Gasteiger partial charge on any atom is 0.252 e. The van der Waals surface area contributed by atoms with Gasteiger partial charge in [0.1, 0.15) is 5.75 Å². The lowest BCUT2D eigenvalue weighted by molar-refractivity contribution is 0.0824. The number of ketones is 1. The number of hydrogen-bond donors (Lipinski definition) is 3. The molecular weight excluding hydrogens is 208 g/mol. The normalized spacial score (nSPS) is 19.2. The summed E-state index contributed by atoms with van der Waals surface area (Å²) in [7, 11) is 0. The largest absolute Gasteiger partial charge is 0.508 e. The van der Waals surface area contributed by atoms with E-state index < -0.39 is 6.04 Å². The maximum absolute atomic E-state index is 11.9. The number of phenols is 1. The molecule has 84 valence electrons. The number of nitrogens with one attached hydrogen (secondary N) is 1. The number of carbonyl (C=O) groups is 2. The van der Waals surface area contributed by atoms with Crippen LogP contribution >= 0.6 is 0 Å². The van der Waals surface area contributed by atoms with E-state index in [2.05, 4.69) is 5.32 Å². The molecule has 1 heterocycles. The molecule has 4 N–H and O–H groups in total. The Bertz CT molecular complexity index is 457. The second kappa shape index (κ2) is 3.94. The highest BCUT2D eigenvalue weighted by Crippen LogP contribution is 2.22. The summed E-state index contributed by atoms with van der Waals surface area (Å²) >= 11 is 0. The summed E-state index contributed by atoms with van der Waals surface area (Å²) < 4.78 is 0. The van der Waals surface area contributed by atoms with Crippen LogP contribution in [0.4, 0.5) is 0 Å². The van der Waals surface area contributed by atoms with Crippen molar-refractivity contribution < 1.29 is 14.7 Å². The summed E-state index contributed by atoms with van der Waals surface area (Å²) in [6.45, 7) is 0.337. The van der Waals surface area contributed by atoms with Crippen LogP contribution < -0.4 is 11.1 Å². The summed E-state index contributed by atoms with van der Waals surface area (Å²) in [5.41, 5.74) is 5.94. The molecule has 0 bridgehead atoms. The molecular formula is C11H12N2O3. The predicted molar refractivity (Wildman–Crippen MR) is 57.4 cm³/mol. The molecule has 0 saturated heterocycles. The Hall–Kier alpha value is -1.88. The van der Waals surface area contributed by atoms with E-state index in [1.807, 2.05) is 0 Å². The number of phenolic OH excluding ortho intramolecular Hbond substituents is 1. The first kappa shape index (κ1) is 10.6. The van der Waals surface area contributed by atoms with Crippen molar-refractivity contribution in [3.63, 3.8) is 0 Å². The number of carbonyl (C=O) groups excluding carboxylic acids is 2. The second-order valence-corrected chi connectivity index (χ2v) is 3.70. The number of amides is 1. The molecule has 0 unspecified atom stereocenters. The fraction of sp³-hybridized carbons (Fsp3) is 0.273. The van der Waals surface area contributed by atoms with Gasteiger partial charge in [0.15, 0.2) is 5.78 Å².